The van der Waals surface area contributed by atoms with Crippen LogP contribution in [0.4, 0.5) is 0 Å². The Hall–Kier alpha value is -0.990. The van der Waals surface area contributed by atoms with E-state index in [0.29, 0.717) is 6.61 Å². The maximum Gasteiger partial charge on any atom is 0.120 e. The largest absolute Gasteiger partial charge is 0.489 e. The zero-order valence-electron chi connectivity index (χ0n) is 9.37. The van der Waals surface area contributed by atoms with Crippen molar-refractivity contribution in [1.29, 1.82) is 0 Å². The molecule has 2 rings (SSSR count). The van der Waals surface area contributed by atoms with Crippen LogP contribution in [-0.2, 0) is 6.42 Å². The van der Waals surface area contributed by atoms with Gasteiger partial charge in [-0.05, 0) is 48.6 Å². The molecule has 1 aromatic carbocycles. The normalized spacial score (nSPS) is 19.7. The van der Waals surface area contributed by atoms with Crippen molar-refractivity contribution in [2.75, 3.05) is 6.61 Å². The molecule has 1 aliphatic rings. The number of ether oxygens (including phenoxy) is 1. The first-order valence-electron chi connectivity index (χ1n) is 5.48. The quantitative estimate of drug-likeness (QED) is 0.877. The van der Waals surface area contributed by atoms with Crippen LogP contribution < -0.4 is 10.5 Å². The summed E-state index contributed by atoms with van der Waals surface area (Å²) < 4.78 is 5.63. The molecule has 0 radical (unpaired) electrons. The van der Waals surface area contributed by atoms with E-state index < -0.39 is 0 Å². The second kappa shape index (κ2) is 4.89. The fourth-order valence-corrected chi connectivity index (χ4v) is 2.01. The third kappa shape index (κ3) is 2.39. The number of aryl methyl sites for hydroxylation is 1. The Morgan fingerprint density at radius 1 is 1.62 bits per heavy atom. The highest BCUT2D eigenvalue weighted by molar-refractivity contribution is 6.25. The Labute approximate surface area is 101 Å². The molecule has 0 aliphatic heterocycles. The highest BCUT2D eigenvalue weighted by Crippen LogP contribution is 2.31. The molecule has 0 amide bonds. The van der Waals surface area contributed by atoms with Crippen molar-refractivity contribution in [1.82, 2.24) is 0 Å². The fourth-order valence-electron chi connectivity index (χ4n) is 1.95. The molecule has 0 fully saturated rings. The number of fused-ring (bicyclic) bond motifs is 1. The molecule has 86 valence electrons. The summed E-state index contributed by atoms with van der Waals surface area (Å²) in [4.78, 5) is 0. The first-order chi connectivity index (χ1) is 7.70. The molecule has 2 nitrogen and oxygen atoms in total. The fraction of sp³-hybridized carbons (Fsp3) is 0.385. The molecule has 0 spiro atoms. The molecule has 0 heterocycles. The van der Waals surface area contributed by atoms with Gasteiger partial charge in [0.1, 0.15) is 12.4 Å². The summed E-state index contributed by atoms with van der Waals surface area (Å²) in [6, 6.07) is 6.34. The van der Waals surface area contributed by atoms with Crippen molar-refractivity contribution >= 4 is 11.6 Å². The zero-order chi connectivity index (χ0) is 11.5. The van der Waals surface area contributed by atoms with Crippen LogP contribution >= 0.6 is 11.6 Å². The van der Waals surface area contributed by atoms with Gasteiger partial charge in [-0.3, -0.25) is 0 Å². The molecule has 1 atom stereocenters. The summed E-state index contributed by atoms with van der Waals surface area (Å²) in [6.07, 6.45) is 2.09. The zero-order valence-corrected chi connectivity index (χ0v) is 10.1. The Bertz CT molecular complexity index is 414. The molecular formula is C13H16ClNO. The molecule has 0 saturated carbocycles. The van der Waals surface area contributed by atoms with E-state index in [-0.39, 0.29) is 6.04 Å². The van der Waals surface area contributed by atoms with Gasteiger partial charge in [0.25, 0.3) is 0 Å². The molecule has 1 aliphatic carbocycles. The third-order valence-corrected chi connectivity index (χ3v) is 3.26. The minimum atomic E-state index is 0.202. The van der Waals surface area contributed by atoms with Gasteiger partial charge < -0.3 is 10.5 Å². The number of benzene rings is 1. The van der Waals surface area contributed by atoms with Crippen LogP contribution in [-0.4, -0.2) is 6.61 Å². The molecule has 0 bridgehead atoms. The lowest BCUT2D eigenvalue weighted by molar-refractivity contribution is 0.352. The van der Waals surface area contributed by atoms with Crippen LogP contribution in [0.5, 0.6) is 5.75 Å². The van der Waals surface area contributed by atoms with E-state index in [2.05, 4.69) is 12.1 Å². The summed E-state index contributed by atoms with van der Waals surface area (Å²) >= 11 is 5.57. The van der Waals surface area contributed by atoms with Crippen LogP contribution in [0.15, 0.2) is 29.3 Å². The smallest absolute Gasteiger partial charge is 0.120 e. The summed E-state index contributed by atoms with van der Waals surface area (Å²) in [5.74, 6) is 0.894. The summed E-state index contributed by atoms with van der Waals surface area (Å²) in [5, 5.41) is 0. The van der Waals surface area contributed by atoms with Gasteiger partial charge in [-0.25, -0.2) is 0 Å². The van der Waals surface area contributed by atoms with Crippen LogP contribution in [0.1, 0.15) is 30.5 Å². The topological polar surface area (TPSA) is 35.2 Å². The van der Waals surface area contributed by atoms with Crippen molar-refractivity contribution < 1.29 is 4.74 Å². The number of rotatable bonds is 3. The molecule has 3 heteroatoms. The number of nitrogens with two attached hydrogens (primary N) is 1. The van der Waals surface area contributed by atoms with E-state index in [1.807, 2.05) is 13.0 Å². The average Bonchev–Trinajstić information content (AvgIpc) is 2.67. The molecule has 0 saturated heterocycles. The van der Waals surface area contributed by atoms with Crippen molar-refractivity contribution in [2.45, 2.75) is 25.8 Å². The molecule has 0 unspecified atom stereocenters. The van der Waals surface area contributed by atoms with Crippen LogP contribution in [0.25, 0.3) is 0 Å². The summed E-state index contributed by atoms with van der Waals surface area (Å²) in [7, 11) is 0. The molecule has 0 aromatic heterocycles. The summed E-state index contributed by atoms with van der Waals surface area (Å²) in [5.41, 5.74) is 11.1. The minimum absolute atomic E-state index is 0.202. The maximum atomic E-state index is 5.97. The van der Waals surface area contributed by atoms with Gasteiger partial charge in [-0.2, -0.15) is 0 Å². The van der Waals surface area contributed by atoms with Crippen LogP contribution in [0.3, 0.4) is 0 Å². The van der Waals surface area contributed by atoms with Gasteiger partial charge in [0, 0.05) is 11.6 Å². The Kier molecular flexibility index (Phi) is 3.52. The Morgan fingerprint density at radius 2 is 2.44 bits per heavy atom. The van der Waals surface area contributed by atoms with Gasteiger partial charge in [-0.15, -0.1) is 0 Å². The first-order valence-corrected chi connectivity index (χ1v) is 5.91. The van der Waals surface area contributed by atoms with Gasteiger partial charge in [-0.1, -0.05) is 17.7 Å². The number of hydrogen-bond acceptors (Lipinski definition) is 2. The average molecular weight is 238 g/mol. The maximum absolute atomic E-state index is 5.97. The minimum Gasteiger partial charge on any atom is -0.489 e. The van der Waals surface area contributed by atoms with Crippen molar-refractivity contribution in [3.8, 4) is 5.75 Å². The summed E-state index contributed by atoms with van der Waals surface area (Å²) in [6.45, 7) is 2.48. The first kappa shape index (κ1) is 11.5. The van der Waals surface area contributed by atoms with Crippen LogP contribution in [0, 0.1) is 0 Å². The van der Waals surface area contributed by atoms with E-state index in [4.69, 9.17) is 22.1 Å². The molecule has 16 heavy (non-hydrogen) atoms. The molecular weight excluding hydrogens is 222 g/mol. The highest BCUT2D eigenvalue weighted by Gasteiger charge is 2.18. The standard InChI is InChI=1S/C13H16ClNO/c1-9(7-14)8-16-11-3-4-12-10(6-11)2-5-13(12)15/h3-4,6-7,13H,2,5,8,15H2,1H3/b9-7-/t13-/m0/s1. The van der Waals surface area contributed by atoms with E-state index in [1.54, 1.807) is 5.54 Å². The Morgan fingerprint density at radius 3 is 3.19 bits per heavy atom. The monoisotopic (exact) mass is 237 g/mol. The number of halogens is 1. The predicted molar refractivity (Wildman–Crippen MR) is 66.8 cm³/mol. The van der Waals surface area contributed by atoms with Gasteiger partial charge in [0.15, 0.2) is 0 Å². The third-order valence-electron chi connectivity index (χ3n) is 2.89. The molecule has 2 N–H and O–H groups in total. The predicted octanol–water partition coefficient (Wildman–Crippen LogP) is 3.15. The lowest BCUT2D eigenvalue weighted by atomic mass is 10.1. The van der Waals surface area contributed by atoms with Gasteiger partial charge >= 0.3 is 0 Å². The Balaban J connectivity index is 2.08. The SMILES string of the molecule is C/C(=C/Cl)COc1ccc2c(c1)CC[C@@H]2N. The van der Waals surface area contributed by atoms with Crippen molar-refractivity contribution in [3.05, 3.63) is 40.4 Å². The van der Waals surface area contributed by atoms with E-state index in [1.165, 1.54) is 11.1 Å². The highest BCUT2D eigenvalue weighted by atomic mass is 35.5. The van der Waals surface area contributed by atoms with Crippen LogP contribution in [0.2, 0.25) is 0 Å². The van der Waals surface area contributed by atoms with E-state index in [9.17, 15) is 0 Å². The van der Waals surface area contributed by atoms with Gasteiger partial charge in [0.05, 0.1) is 0 Å². The molecule has 1 aromatic rings. The lowest BCUT2D eigenvalue weighted by Crippen LogP contribution is -2.05. The van der Waals surface area contributed by atoms with Crippen molar-refractivity contribution in [2.24, 2.45) is 5.73 Å². The van der Waals surface area contributed by atoms with Crippen molar-refractivity contribution in [3.63, 3.8) is 0 Å². The van der Waals surface area contributed by atoms with Gasteiger partial charge in [0.2, 0.25) is 0 Å². The number of hydrogen-bond donors (Lipinski definition) is 1. The van der Waals surface area contributed by atoms with E-state index in [0.717, 1.165) is 24.2 Å². The van der Waals surface area contributed by atoms with E-state index >= 15 is 0 Å². The second-order valence-electron chi connectivity index (χ2n) is 4.25. The lowest BCUT2D eigenvalue weighted by Gasteiger charge is -2.09. The second-order valence-corrected chi connectivity index (χ2v) is 4.47.